The topological polar surface area (TPSA) is 131 Å². The second kappa shape index (κ2) is 8.83. The molecule has 0 saturated carbocycles. The van der Waals surface area contributed by atoms with Crippen LogP contribution in [0, 0.1) is 5.92 Å². The van der Waals surface area contributed by atoms with Crippen LogP contribution >= 0.6 is 0 Å². The Morgan fingerprint density at radius 3 is 2.53 bits per heavy atom. The molecule has 10 nitrogen and oxygen atoms in total. The second-order valence-electron chi connectivity index (χ2n) is 8.03. The summed E-state index contributed by atoms with van der Waals surface area (Å²) in [6, 6.07) is 3.96. The smallest absolute Gasteiger partial charge is 0.261 e. The van der Waals surface area contributed by atoms with Crippen molar-refractivity contribution in [2.75, 3.05) is 19.5 Å². The number of rotatable bonds is 8. The summed E-state index contributed by atoms with van der Waals surface area (Å²) in [5, 5.41) is 8.63. The summed E-state index contributed by atoms with van der Waals surface area (Å²) >= 11 is 0. The van der Waals surface area contributed by atoms with E-state index in [-0.39, 0.29) is 11.9 Å². The molecule has 0 spiro atoms. The molecule has 1 atom stereocenters. The van der Waals surface area contributed by atoms with Crippen LogP contribution in [0.4, 0.5) is 5.95 Å². The predicted octanol–water partition coefficient (Wildman–Crippen LogP) is 2.98. The van der Waals surface area contributed by atoms with Crippen molar-refractivity contribution < 1.29 is 9.26 Å². The lowest BCUT2D eigenvalue weighted by Gasteiger charge is -2.30. The Morgan fingerprint density at radius 1 is 1.09 bits per heavy atom. The highest BCUT2D eigenvalue weighted by Gasteiger charge is 2.38. The molecule has 2 N–H and O–H groups in total. The summed E-state index contributed by atoms with van der Waals surface area (Å²) in [6.45, 7) is 7.57. The molecule has 0 aliphatic rings. The highest BCUT2D eigenvalue weighted by Crippen LogP contribution is 2.38. The van der Waals surface area contributed by atoms with Gasteiger partial charge in [-0.05, 0) is 24.5 Å². The lowest BCUT2D eigenvalue weighted by molar-refractivity contribution is 0.183. The van der Waals surface area contributed by atoms with Crippen molar-refractivity contribution >= 4 is 5.95 Å². The van der Waals surface area contributed by atoms with Crippen LogP contribution < -0.4 is 5.73 Å². The van der Waals surface area contributed by atoms with Crippen LogP contribution in [0.3, 0.4) is 0 Å². The molecular formula is C22H26N8O2. The van der Waals surface area contributed by atoms with Crippen molar-refractivity contribution in [2.45, 2.75) is 32.7 Å². The van der Waals surface area contributed by atoms with Gasteiger partial charge >= 0.3 is 0 Å². The van der Waals surface area contributed by atoms with Crippen LogP contribution in [0.2, 0.25) is 0 Å². The van der Waals surface area contributed by atoms with E-state index in [0.717, 1.165) is 22.4 Å². The van der Waals surface area contributed by atoms with Crippen molar-refractivity contribution in [3.05, 3.63) is 54.5 Å². The lowest BCUT2D eigenvalue weighted by atomic mass is 9.73. The fourth-order valence-electron chi connectivity index (χ4n) is 3.40. The molecule has 10 heteroatoms. The minimum Gasteiger partial charge on any atom is -0.383 e. The van der Waals surface area contributed by atoms with Crippen molar-refractivity contribution in [3.63, 3.8) is 0 Å². The molecule has 0 saturated heterocycles. The third kappa shape index (κ3) is 4.09. The molecule has 0 fully saturated rings. The number of nitrogens with two attached hydrogens (primary N) is 1. The molecule has 4 heterocycles. The lowest BCUT2D eigenvalue weighted by Crippen LogP contribution is -2.31. The van der Waals surface area contributed by atoms with E-state index in [1.807, 2.05) is 24.5 Å². The molecule has 166 valence electrons. The molecule has 1 unspecified atom stereocenters. The van der Waals surface area contributed by atoms with Gasteiger partial charge in [-0.25, -0.2) is 9.97 Å². The van der Waals surface area contributed by atoms with Crippen LogP contribution in [-0.4, -0.2) is 48.6 Å². The zero-order valence-electron chi connectivity index (χ0n) is 18.6. The Morgan fingerprint density at radius 2 is 1.88 bits per heavy atom. The highest BCUT2D eigenvalue weighted by molar-refractivity contribution is 5.58. The van der Waals surface area contributed by atoms with Crippen molar-refractivity contribution in [1.82, 2.24) is 34.9 Å². The van der Waals surface area contributed by atoms with Gasteiger partial charge in [0.2, 0.25) is 5.95 Å². The average molecular weight is 435 g/mol. The first-order valence-electron chi connectivity index (χ1n) is 10.3. The van der Waals surface area contributed by atoms with Gasteiger partial charge in [0.15, 0.2) is 5.82 Å². The molecular weight excluding hydrogens is 408 g/mol. The molecule has 0 aliphatic carbocycles. The fraction of sp³-hybridized carbons (Fsp3) is 0.364. The molecule has 0 radical (unpaired) electrons. The minimum atomic E-state index is -0.503. The van der Waals surface area contributed by atoms with E-state index in [9.17, 15) is 0 Å². The van der Waals surface area contributed by atoms with E-state index in [2.05, 4.69) is 46.0 Å². The largest absolute Gasteiger partial charge is 0.383 e. The van der Waals surface area contributed by atoms with Gasteiger partial charge in [-0.2, -0.15) is 10.1 Å². The van der Waals surface area contributed by atoms with Crippen LogP contribution in [0.25, 0.3) is 22.7 Å². The van der Waals surface area contributed by atoms with E-state index in [1.165, 1.54) is 0 Å². The summed E-state index contributed by atoms with van der Waals surface area (Å²) < 4.78 is 12.5. The quantitative estimate of drug-likeness (QED) is 0.444. The monoisotopic (exact) mass is 434 g/mol. The zero-order chi connectivity index (χ0) is 22.7. The van der Waals surface area contributed by atoms with Gasteiger partial charge in [0.05, 0.1) is 36.0 Å². The number of anilines is 1. The first kappa shape index (κ1) is 21.6. The molecule has 0 aromatic carbocycles. The standard InChI is InChI=1S/C22H26N8O2/c1-14(2)22(3,17-5-6-18(24-12-17)15-9-25-21(23)26-10-15)20-28-19(32-29-20)16-11-27-30(13-16)7-8-31-4/h5-6,9-14H,7-8H2,1-4H3,(H2,23,25,26). The zero-order valence-corrected chi connectivity index (χ0v) is 18.6. The summed E-state index contributed by atoms with van der Waals surface area (Å²) in [6.07, 6.45) is 8.73. The predicted molar refractivity (Wildman–Crippen MR) is 118 cm³/mol. The minimum absolute atomic E-state index is 0.185. The normalized spacial score (nSPS) is 13.4. The summed E-state index contributed by atoms with van der Waals surface area (Å²) in [5.74, 6) is 1.44. The van der Waals surface area contributed by atoms with Crippen molar-refractivity contribution in [2.24, 2.45) is 5.92 Å². The van der Waals surface area contributed by atoms with E-state index >= 15 is 0 Å². The molecule has 0 aliphatic heterocycles. The number of nitrogen functional groups attached to an aromatic ring is 1. The van der Waals surface area contributed by atoms with Gasteiger partial charge in [-0.1, -0.05) is 25.1 Å². The number of ether oxygens (including phenoxy) is 1. The Balaban J connectivity index is 1.63. The van der Waals surface area contributed by atoms with Gasteiger partial charge in [-0.3, -0.25) is 9.67 Å². The van der Waals surface area contributed by atoms with E-state index in [1.54, 1.807) is 30.4 Å². The molecule has 32 heavy (non-hydrogen) atoms. The van der Waals surface area contributed by atoms with E-state index < -0.39 is 5.41 Å². The number of methoxy groups -OCH3 is 1. The number of aromatic nitrogens is 7. The Kier molecular flexibility index (Phi) is 5.95. The second-order valence-corrected chi connectivity index (χ2v) is 8.03. The summed E-state index contributed by atoms with van der Waals surface area (Å²) in [7, 11) is 1.66. The summed E-state index contributed by atoms with van der Waals surface area (Å²) in [5.41, 5.74) is 8.38. The Bertz CT molecular complexity index is 1170. The first-order chi connectivity index (χ1) is 15.4. The van der Waals surface area contributed by atoms with E-state index in [4.69, 9.17) is 20.0 Å². The maximum absolute atomic E-state index is 5.60. The van der Waals surface area contributed by atoms with Crippen LogP contribution in [0.1, 0.15) is 32.2 Å². The average Bonchev–Trinajstić information content (AvgIpc) is 3.47. The molecule has 4 aromatic rings. The van der Waals surface area contributed by atoms with Gasteiger partial charge in [0.1, 0.15) is 0 Å². The maximum atomic E-state index is 5.60. The van der Waals surface area contributed by atoms with Gasteiger partial charge in [-0.15, -0.1) is 0 Å². The highest BCUT2D eigenvalue weighted by atomic mass is 16.5. The molecule has 4 rings (SSSR count). The molecule has 0 bridgehead atoms. The van der Waals surface area contributed by atoms with Crippen LogP contribution in [-0.2, 0) is 16.7 Å². The molecule has 0 amide bonds. The third-order valence-electron chi connectivity index (χ3n) is 5.78. The number of hydrogen-bond donors (Lipinski definition) is 1. The SMILES string of the molecule is COCCn1cc(-c2nc(C(C)(c3ccc(-c4cnc(N)nc4)nc3)C(C)C)no2)cn1. The number of hydrogen-bond acceptors (Lipinski definition) is 9. The van der Waals surface area contributed by atoms with E-state index in [0.29, 0.717) is 24.9 Å². The third-order valence-corrected chi connectivity index (χ3v) is 5.78. The fourth-order valence-corrected chi connectivity index (χ4v) is 3.40. The Hall–Kier alpha value is -3.66. The maximum Gasteiger partial charge on any atom is 0.261 e. The van der Waals surface area contributed by atoms with Crippen molar-refractivity contribution in [3.8, 4) is 22.7 Å². The van der Waals surface area contributed by atoms with Gasteiger partial charge < -0.3 is 15.0 Å². The Labute approximate surface area is 185 Å². The van der Waals surface area contributed by atoms with Crippen LogP contribution in [0.15, 0.2) is 47.6 Å². The first-order valence-corrected chi connectivity index (χ1v) is 10.3. The summed E-state index contributed by atoms with van der Waals surface area (Å²) in [4.78, 5) is 17.4. The van der Waals surface area contributed by atoms with Crippen molar-refractivity contribution in [1.29, 1.82) is 0 Å². The number of pyridine rings is 1. The molecule has 4 aromatic heterocycles. The van der Waals surface area contributed by atoms with Crippen LogP contribution in [0.5, 0.6) is 0 Å². The van der Waals surface area contributed by atoms with Gasteiger partial charge in [0.25, 0.3) is 5.89 Å². The number of nitrogens with zero attached hydrogens (tertiary/aromatic N) is 7. The van der Waals surface area contributed by atoms with Gasteiger partial charge in [0, 0.05) is 37.5 Å².